The zero-order valence-electron chi connectivity index (χ0n) is 14.9. The van der Waals surface area contributed by atoms with Gasteiger partial charge in [0.2, 0.25) is 10.0 Å². The maximum Gasteiger partial charge on any atom is 0.417 e. The molecule has 0 saturated carbocycles. The Morgan fingerprint density at radius 2 is 1.89 bits per heavy atom. The van der Waals surface area contributed by atoms with E-state index in [1.54, 1.807) is 0 Å². The van der Waals surface area contributed by atoms with Crippen molar-refractivity contribution in [3.63, 3.8) is 0 Å². The number of ether oxygens (including phenoxy) is 1. The van der Waals surface area contributed by atoms with Crippen LogP contribution in [0.25, 0.3) is 0 Å². The van der Waals surface area contributed by atoms with Gasteiger partial charge in [-0.2, -0.15) is 17.5 Å². The summed E-state index contributed by atoms with van der Waals surface area (Å²) in [6.45, 7) is 1.25. The van der Waals surface area contributed by atoms with Crippen molar-refractivity contribution in [2.45, 2.75) is 23.9 Å². The minimum absolute atomic E-state index is 0. The van der Waals surface area contributed by atoms with Crippen LogP contribution in [-0.4, -0.2) is 52.5 Å². The van der Waals surface area contributed by atoms with Crippen LogP contribution >= 0.6 is 12.4 Å². The van der Waals surface area contributed by atoms with Crippen LogP contribution in [0.4, 0.5) is 13.2 Å². The van der Waals surface area contributed by atoms with Gasteiger partial charge in [0.05, 0.1) is 23.1 Å². The number of nitrogens with zero attached hydrogens (tertiary/aromatic N) is 1. The van der Waals surface area contributed by atoms with Crippen molar-refractivity contribution in [2.75, 3.05) is 33.8 Å². The highest BCUT2D eigenvalue weighted by Crippen LogP contribution is 2.35. The van der Waals surface area contributed by atoms with Crippen molar-refractivity contribution in [2.24, 2.45) is 5.92 Å². The van der Waals surface area contributed by atoms with E-state index >= 15 is 0 Å². The van der Waals surface area contributed by atoms with Crippen LogP contribution in [0.2, 0.25) is 0 Å². The Labute approximate surface area is 162 Å². The lowest BCUT2D eigenvalue weighted by Gasteiger charge is -2.31. The van der Waals surface area contributed by atoms with Crippen LogP contribution in [0.15, 0.2) is 23.1 Å². The van der Waals surface area contributed by atoms with Gasteiger partial charge < -0.3 is 10.1 Å². The monoisotopic (exact) mass is 430 g/mol. The number of hydrogen-bond acceptors (Lipinski definition) is 5. The molecule has 1 N–H and O–H groups in total. The molecule has 0 atom stereocenters. The molecule has 2 rings (SSSR count). The van der Waals surface area contributed by atoms with E-state index in [0.29, 0.717) is 24.8 Å². The van der Waals surface area contributed by atoms with Gasteiger partial charge in [0.15, 0.2) is 0 Å². The van der Waals surface area contributed by atoms with Gasteiger partial charge in [-0.3, -0.25) is 0 Å². The summed E-state index contributed by atoms with van der Waals surface area (Å²) in [4.78, 5) is 11.1. The van der Waals surface area contributed by atoms with Gasteiger partial charge in [-0.05, 0) is 50.6 Å². The molecule has 154 valence electrons. The van der Waals surface area contributed by atoms with E-state index in [1.165, 1.54) is 4.31 Å². The van der Waals surface area contributed by atoms with E-state index in [1.807, 2.05) is 7.05 Å². The summed E-state index contributed by atoms with van der Waals surface area (Å²) >= 11 is 0. The van der Waals surface area contributed by atoms with Gasteiger partial charge in [-0.15, -0.1) is 12.4 Å². The van der Waals surface area contributed by atoms with Gasteiger partial charge in [-0.25, -0.2) is 13.2 Å². The molecule has 0 aromatic heterocycles. The SMILES string of the molecule is CNCC1CCN(S(=O)(=O)c2ccc(C(=O)OC)c(C(F)(F)F)c2)CC1.Cl. The number of esters is 1. The largest absolute Gasteiger partial charge is 0.465 e. The highest BCUT2D eigenvalue weighted by molar-refractivity contribution is 7.89. The van der Waals surface area contributed by atoms with Gasteiger partial charge in [0.1, 0.15) is 0 Å². The zero-order valence-corrected chi connectivity index (χ0v) is 16.5. The van der Waals surface area contributed by atoms with E-state index in [4.69, 9.17) is 0 Å². The fourth-order valence-corrected chi connectivity index (χ4v) is 4.49. The van der Waals surface area contributed by atoms with E-state index in [2.05, 4.69) is 10.1 Å². The summed E-state index contributed by atoms with van der Waals surface area (Å²) in [6.07, 6.45) is -3.62. The molecule has 0 spiro atoms. The Kier molecular flexibility index (Phi) is 8.09. The molecule has 1 aromatic carbocycles. The fraction of sp³-hybridized carbons (Fsp3) is 0.562. The predicted octanol–water partition coefficient (Wildman–Crippen LogP) is 2.53. The molecule has 1 aliphatic heterocycles. The van der Waals surface area contributed by atoms with Crippen LogP contribution in [0.3, 0.4) is 0 Å². The van der Waals surface area contributed by atoms with Gasteiger partial charge in [-0.1, -0.05) is 0 Å². The van der Waals surface area contributed by atoms with Gasteiger partial charge in [0, 0.05) is 13.1 Å². The molecule has 0 bridgehead atoms. The first-order valence-electron chi connectivity index (χ1n) is 8.05. The highest BCUT2D eigenvalue weighted by atomic mass is 35.5. The number of halogens is 4. The number of methoxy groups -OCH3 is 1. The van der Waals surface area contributed by atoms with E-state index < -0.39 is 38.2 Å². The number of alkyl halides is 3. The molecule has 1 heterocycles. The fourth-order valence-electron chi connectivity index (χ4n) is 3.00. The quantitative estimate of drug-likeness (QED) is 0.726. The minimum atomic E-state index is -4.88. The van der Waals surface area contributed by atoms with Crippen molar-refractivity contribution in [3.05, 3.63) is 29.3 Å². The number of benzene rings is 1. The molecule has 0 radical (unpaired) electrons. The third kappa shape index (κ3) is 5.34. The molecule has 1 aliphatic rings. The summed E-state index contributed by atoms with van der Waals surface area (Å²) in [6, 6.07) is 2.35. The Balaban J connectivity index is 0.00000364. The Morgan fingerprint density at radius 1 is 1.30 bits per heavy atom. The molecule has 0 amide bonds. The first-order chi connectivity index (χ1) is 12.1. The molecule has 1 fully saturated rings. The van der Waals surface area contributed by atoms with Crippen LogP contribution in [0.1, 0.15) is 28.8 Å². The number of sulfonamides is 1. The van der Waals surface area contributed by atoms with Crippen molar-refractivity contribution >= 4 is 28.4 Å². The number of carbonyl (C=O) groups excluding carboxylic acids is 1. The molecule has 0 aliphatic carbocycles. The summed E-state index contributed by atoms with van der Waals surface area (Å²) in [5.41, 5.74) is -2.04. The smallest absolute Gasteiger partial charge is 0.417 e. The normalized spacial score (nSPS) is 16.6. The standard InChI is InChI=1S/C16H21F3N2O4S.ClH/c1-20-10-11-5-7-21(8-6-11)26(23,24)12-3-4-13(15(22)25-2)14(9-12)16(17,18)19;/h3-4,9,11,20H,5-8,10H2,1-2H3;1H. The molecule has 6 nitrogen and oxygen atoms in total. The third-order valence-electron chi connectivity index (χ3n) is 4.41. The van der Waals surface area contributed by atoms with Gasteiger partial charge >= 0.3 is 12.1 Å². The average molecular weight is 431 g/mol. The lowest BCUT2D eigenvalue weighted by molar-refractivity contribution is -0.138. The molecule has 1 saturated heterocycles. The Bertz CT molecular complexity index is 763. The number of rotatable bonds is 5. The van der Waals surface area contributed by atoms with Crippen molar-refractivity contribution < 1.29 is 31.1 Å². The third-order valence-corrected chi connectivity index (χ3v) is 6.30. The van der Waals surface area contributed by atoms with Crippen LogP contribution in [0.5, 0.6) is 0 Å². The Morgan fingerprint density at radius 3 is 2.37 bits per heavy atom. The second-order valence-electron chi connectivity index (χ2n) is 6.10. The molecule has 27 heavy (non-hydrogen) atoms. The lowest BCUT2D eigenvalue weighted by atomic mass is 9.98. The highest BCUT2D eigenvalue weighted by Gasteiger charge is 2.38. The van der Waals surface area contributed by atoms with E-state index in [-0.39, 0.29) is 25.5 Å². The van der Waals surface area contributed by atoms with Crippen molar-refractivity contribution in [3.8, 4) is 0 Å². The maximum absolute atomic E-state index is 13.3. The minimum Gasteiger partial charge on any atom is -0.465 e. The first-order valence-corrected chi connectivity index (χ1v) is 9.49. The van der Waals surface area contributed by atoms with Crippen LogP contribution in [-0.2, 0) is 20.9 Å². The van der Waals surface area contributed by atoms with Crippen LogP contribution in [0, 0.1) is 5.92 Å². The summed E-state index contributed by atoms with van der Waals surface area (Å²) in [5, 5.41) is 3.03. The molecule has 0 unspecified atom stereocenters. The zero-order chi connectivity index (χ0) is 19.5. The second kappa shape index (κ2) is 9.22. The topological polar surface area (TPSA) is 75.7 Å². The average Bonchev–Trinajstić information content (AvgIpc) is 2.60. The molecule has 1 aromatic rings. The number of carbonyl (C=O) groups is 1. The first kappa shape index (κ1) is 23.7. The summed E-state index contributed by atoms with van der Waals surface area (Å²) < 4.78 is 70.8. The Hall–Kier alpha value is -1.36. The van der Waals surface area contributed by atoms with Crippen LogP contribution < -0.4 is 5.32 Å². The number of nitrogens with one attached hydrogen (secondary N) is 1. The van der Waals surface area contributed by atoms with E-state index in [0.717, 1.165) is 25.8 Å². The summed E-state index contributed by atoms with van der Waals surface area (Å²) in [7, 11) is -1.30. The van der Waals surface area contributed by atoms with Gasteiger partial charge in [0.25, 0.3) is 0 Å². The van der Waals surface area contributed by atoms with Crippen molar-refractivity contribution in [1.29, 1.82) is 0 Å². The number of piperidine rings is 1. The lowest BCUT2D eigenvalue weighted by Crippen LogP contribution is -2.40. The summed E-state index contributed by atoms with van der Waals surface area (Å²) in [5.74, 6) is -0.840. The molecule has 11 heteroatoms. The second-order valence-corrected chi connectivity index (χ2v) is 8.04. The molecular formula is C16H22ClF3N2O4S. The number of hydrogen-bond donors (Lipinski definition) is 1. The predicted molar refractivity (Wildman–Crippen MR) is 95.4 cm³/mol. The maximum atomic E-state index is 13.3. The molecular weight excluding hydrogens is 409 g/mol. The van der Waals surface area contributed by atoms with Crippen molar-refractivity contribution in [1.82, 2.24) is 9.62 Å². The van der Waals surface area contributed by atoms with E-state index in [9.17, 15) is 26.4 Å².